The smallest absolute Gasteiger partial charge is 0.303 e. The third-order valence-electron chi connectivity index (χ3n) is 7.28. The molecule has 0 bridgehead atoms. The Balaban J connectivity index is 1.58. The van der Waals surface area contributed by atoms with Crippen molar-refractivity contribution in [2.45, 2.75) is 101 Å². The number of methoxy groups -OCH3 is 1. The lowest BCUT2D eigenvalue weighted by atomic mass is 9.85. The maximum atomic E-state index is 11.8. The molecule has 0 aliphatic carbocycles. The number of aliphatic hydroxyl groups is 1. The number of ether oxygens (including phenoxy) is 7. The van der Waals surface area contributed by atoms with Crippen LogP contribution in [0.15, 0.2) is 43.0 Å². The third-order valence-corrected chi connectivity index (χ3v) is 7.28. The van der Waals surface area contributed by atoms with Crippen LogP contribution in [-0.2, 0) is 49.4 Å². The first-order chi connectivity index (χ1) is 18.3. The van der Waals surface area contributed by atoms with Gasteiger partial charge < -0.3 is 38.3 Å². The van der Waals surface area contributed by atoms with E-state index < -0.39 is 60.5 Å². The fraction of sp³-hybridized carbons (Fsp3) is 0.643. The monoisotopic (exact) mass is 534 g/mol. The van der Waals surface area contributed by atoms with Crippen molar-refractivity contribution in [3.63, 3.8) is 0 Å². The summed E-state index contributed by atoms with van der Waals surface area (Å²) in [5.41, 5.74) is 0.954. The highest BCUT2D eigenvalue weighted by Gasteiger charge is 2.64. The average Bonchev–Trinajstić information content (AvgIpc) is 3.23. The highest BCUT2D eigenvalue weighted by atomic mass is 16.7. The normalized spacial score (nSPS) is 35.0. The van der Waals surface area contributed by atoms with E-state index in [0.29, 0.717) is 19.3 Å². The molecule has 1 aromatic rings. The van der Waals surface area contributed by atoms with E-state index in [-0.39, 0.29) is 25.7 Å². The number of carbonyl (C=O) groups excluding carboxylic acids is 2. The van der Waals surface area contributed by atoms with Gasteiger partial charge in [0.2, 0.25) is 0 Å². The van der Waals surface area contributed by atoms with Crippen molar-refractivity contribution in [1.82, 2.24) is 0 Å². The summed E-state index contributed by atoms with van der Waals surface area (Å²) in [4.78, 5) is 23.2. The van der Waals surface area contributed by atoms with Gasteiger partial charge in [-0.2, -0.15) is 0 Å². The highest BCUT2D eigenvalue weighted by Crippen LogP contribution is 2.47. The average molecular weight is 535 g/mol. The standard InChI is InChI=1S/C28H38O10/c1-5-9-20-12-13-28(32-4)27(36-20)23(31)25-26(38-28)24(34-15-19-10-7-6-8-11-19)22(37-25)14-21(35-18(3)30)16-33-17(2)29/h5-8,10-11,20-27,31H,1,9,12-16H2,2-4H3/t20?,21-,22-,23+,24+,25+,26+,27-,28?/m1/s1. The van der Waals surface area contributed by atoms with Crippen LogP contribution in [0.25, 0.3) is 0 Å². The SMILES string of the molecule is C=CCC1CCC2(OC)O[C@H]3[C@@H](OCc4ccccc4)[C@@H](C[C@H](COC(C)=O)OC(C)=O)O[C@H]3[C@H](O)[C@H]2O1. The van der Waals surface area contributed by atoms with Gasteiger partial charge in [0, 0.05) is 33.8 Å². The maximum Gasteiger partial charge on any atom is 0.303 e. The molecule has 9 atom stereocenters. The number of benzene rings is 1. The molecule has 0 spiro atoms. The molecule has 1 N–H and O–H groups in total. The van der Waals surface area contributed by atoms with E-state index in [1.807, 2.05) is 30.3 Å². The van der Waals surface area contributed by atoms with E-state index in [2.05, 4.69) is 6.58 Å². The zero-order valence-corrected chi connectivity index (χ0v) is 22.2. The van der Waals surface area contributed by atoms with E-state index in [4.69, 9.17) is 33.2 Å². The first-order valence-corrected chi connectivity index (χ1v) is 13.0. The molecule has 0 aromatic heterocycles. The van der Waals surface area contributed by atoms with Crippen LogP contribution in [0.5, 0.6) is 0 Å². The molecule has 1 aromatic carbocycles. The van der Waals surface area contributed by atoms with Crippen molar-refractivity contribution in [3.05, 3.63) is 48.6 Å². The number of aliphatic hydroxyl groups excluding tert-OH is 1. The zero-order valence-electron chi connectivity index (χ0n) is 22.2. The summed E-state index contributed by atoms with van der Waals surface area (Å²) in [6.07, 6.45) is -1.65. The van der Waals surface area contributed by atoms with Crippen molar-refractivity contribution in [1.29, 1.82) is 0 Å². The number of rotatable bonds is 11. The first-order valence-electron chi connectivity index (χ1n) is 13.0. The molecule has 3 heterocycles. The van der Waals surface area contributed by atoms with E-state index in [1.54, 1.807) is 13.2 Å². The molecule has 10 nitrogen and oxygen atoms in total. The van der Waals surface area contributed by atoms with Crippen LogP contribution < -0.4 is 0 Å². The van der Waals surface area contributed by atoms with E-state index >= 15 is 0 Å². The molecule has 0 amide bonds. The molecule has 4 rings (SSSR count). The van der Waals surface area contributed by atoms with Crippen molar-refractivity contribution >= 4 is 11.9 Å². The summed E-state index contributed by atoms with van der Waals surface area (Å²) in [6, 6.07) is 9.66. The van der Waals surface area contributed by atoms with E-state index in [9.17, 15) is 14.7 Å². The number of carbonyl (C=O) groups is 2. The van der Waals surface area contributed by atoms with E-state index in [0.717, 1.165) is 5.56 Å². The fourth-order valence-electron chi connectivity index (χ4n) is 5.56. The van der Waals surface area contributed by atoms with Crippen LogP contribution in [-0.4, -0.2) is 85.4 Å². The quantitative estimate of drug-likeness (QED) is 0.335. The van der Waals surface area contributed by atoms with Crippen LogP contribution in [0.1, 0.15) is 45.1 Å². The lowest BCUT2D eigenvalue weighted by molar-refractivity contribution is -0.382. The molecule has 210 valence electrons. The summed E-state index contributed by atoms with van der Waals surface area (Å²) >= 11 is 0. The summed E-state index contributed by atoms with van der Waals surface area (Å²) in [6.45, 7) is 6.51. The van der Waals surface area contributed by atoms with Crippen molar-refractivity contribution in [2.75, 3.05) is 13.7 Å². The third kappa shape index (κ3) is 6.44. The second kappa shape index (κ2) is 12.7. The van der Waals surface area contributed by atoms with Gasteiger partial charge in [0.15, 0.2) is 5.79 Å². The van der Waals surface area contributed by atoms with Gasteiger partial charge in [-0.05, 0) is 18.4 Å². The Morgan fingerprint density at radius 1 is 1.18 bits per heavy atom. The molecule has 10 heteroatoms. The van der Waals surface area contributed by atoms with Crippen molar-refractivity contribution in [3.8, 4) is 0 Å². The minimum atomic E-state index is -1.17. The molecular weight excluding hydrogens is 496 g/mol. The van der Waals surface area contributed by atoms with Crippen molar-refractivity contribution in [2.24, 2.45) is 0 Å². The predicted molar refractivity (Wildman–Crippen MR) is 134 cm³/mol. The Labute approximate surface area is 223 Å². The highest BCUT2D eigenvalue weighted by molar-refractivity contribution is 5.67. The van der Waals surface area contributed by atoms with Gasteiger partial charge in [0.05, 0.1) is 18.8 Å². The molecule has 3 fully saturated rings. The Bertz CT molecular complexity index is 954. The van der Waals surface area contributed by atoms with Gasteiger partial charge in [0.25, 0.3) is 0 Å². The molecule has 38 heavy (non-hydrogen) atoms. The van der Waals surface area contributed by atoms with E-state index in [1.165, 1.54) is 13.8 Å². The minimum Gasteiger partial charge on any atom is -0.462 e. The second-order valence-corrected chi connectivity index (χ2v) is 10.0. The molecule has 3 aliphatic rings. The maximum absolute atomic E-state index is 11.8. The van der Waals surface area contributed by atoms with Crippen LogP contribution in [0.4, 0.5) is 0 Å². The van der Waals surface area contributed by atoms with Crippen LogP contribution in [0.2, 0.25) is 0 Å². The number of esters is 2. The van der Waals surface area contributed by atoms with Gasteiger partial charge in [0.1, 0.15) is 43.2 Å². The number of hydrogen-bond donors (Lipinski definition) is 1. The van der Waals surface area contributed by atoms with Gasteiger partial charge >= 0.3 is 11.9 Å². The van der Waals surface area contributed by atoms with Crippen molar-refractivity contribution < 1.29 is 47.9 Å². The van der Waals surface area contributed by atoms with Gasteiger partial charge in [-0.1, -0.05) is 36.4 Å². The summed E-state index contributed by atoms with van der Waals surface area (Å²) in [5, 5.41) is 11.5. The molecule has 3 aliphatic heterocycles. The zero-order chi connectivity index (χ0) is 27.3. The van der Waals surface area contributed by atoms with Gasteiger partial charge in [-0.25, -0.2) is 0 Å². The Morgan fingerprint density at radius 3 is 2.61 bits per heavy atom. The largest absolute Gasteiger partial charge is 0.462 e. The van der Waals surface area contributed by atoms with Gasteiger partial charge in [-0.3, -0.25) is 9.59 Å². The fourth-order valence-corrected chi connectivity index (χ4v) is 5.56. The minimum absolute atomic E-state index is 0.116. The second-order valence-electron chi connectivity index (χ2n) is 10.0. The van der Waals surface area contributed by atoms with Crippen LogP contribution in [0.3, 0.4) is 0 Å². The first kappa shape index (κ1) is 28.7. The number of fused-ring (bicyclic) bond motifs is 2. The molecular formula is C28H38O10. The lowest BCUT2D eigenvalue weighted by Crippen LogP contribution is -2.68. The van der Waals surface area contributed by atoms with Crippen LogP contribution in [0, 0.1) is 0 Å². The molecule has 3 saturated heterocycles. The Morgan fingerprint density at radius 2 is 1.95 bits per heavy atom. The molecule has 2 unspecified atom stereocenters. The Kier molecular flexibility index (Phi) is 9.56. The summed E-state index contributed by atoms with van der Waals surface area (Å²) in [7, 11) is 1.54. The predicted octanol–water partition coefficient (Wildman–Crippen LogP) is 2.45. The topological polar surface area (TPSA) is 119 Å². The summed E-state index contributed by atoms with van der Waals surface area (Å²) in [5.74, 6) is -2.17. The Hall–Kier alpha value is -2.34. The molecule has 0 radical (unpaired) electrons. The molecule has 0 saturated carbocycles. The number of hydrogen-bond acceptors (Lipinski definition) is 10. The summed E-state index contributed by atoms with van der Waals surface area (Å²) < 4.78 is 41.9. The van der Waals surface area contributed by atoms with Gasteiger partial charge in [-0.15, -0.1) is 6.58 Å². The lowest BCUT2D eigenvalue weighted by Gasteiger charge is -2.52. The van der Waals surface area contributed by atoms with Crippen LogP contribution >= 0.6 is 0 Å².